The number of halogens is 1. The van der Waals surface area contributed by atoms with E-state index in [1.54, 1.807) is 0 Å². The van der Waals surface area contributed by atoms with E-state index < -0.39 is 0 Å². The zero-order valence-corrected chi connectivity index (χ0v) is 10.1. The second kappa shape index (κ2) is 4.76. The molecule has 0 saturated heterocycles. The topological polar surface area (TPSA) is 35.8 Å². The smallest absolute Gasteiger partial charge is 0.0677 e. The number of rotatable bonds is 2. The monoisotopic (exact) mass is 234 g/mol. The number of benzene rings is 1. The Labute approximate surface area is 101 Å². The van der Waals surface area contributed by atoms with Crippen molar-refractivity contribution in [1.82, 2.24) is 0 Å². The van der Waals surface area contributed by atoms with Gasteiger partial charge in [0.25, 0.3) is 0 Å². The van der Waals surface area contributed by atoms with Crippen molar-refractivity contribution in [2.24, 2.45) is 5.92 Å². The fourth-order valence-corrected chi connectivity index (χ4v) is 2.51. The molecule has 16 heavy (non-hydrogen) atoms. The lowest BCUT2D eigenvalue weighted by molar-refractivity contribution is 0.630. The van der Waals surface area contributed by atoms with E-state index in [0.717, 1.165) is 35.5 Å². The quantitative estimate of drug-likeness (QED) is 0.846. The third-order valence-corrected chi connectivity index (χ3v) is 3.46. The van der Waals surface area contributed by atoms with E-state index in [-0.39, 0.29) is 12.0 Å². The van der Waals surface area contributed by atoms with Gasteiger partial charge in [0.1, 0.15) is 0 Å². The molecule has 2 unspecified atom stereocenters. The number of hydrogen-bond donors (Lipinski definition) is 1. The minimum Gasteiger partial charge on any atom is -0.380 e. The summed E-state index contributed by atoms with van der Waals surface area (Å²) in [4.78, 5) is 0. The van der Waals surface area contributed by atoms with Crippen molar-refractivity contribution in [3.8, 4) is 6.07 Å². The van der Waals surface area contributed by atoms with Crippen LogP contribution in [0.5, 0.6) is 0 Å². The zero-order valence-electron chi connectivity index (χ0n) is 9.33. The molecule has 0 aromatic heterocycles. The first-order valence-corrected chi connectivity index (χ1v) is 6.01. The maximum atomic E-state index is 9.00. The van der Waals surface area contributed by atoms with Crippen LogP contribution in [0.25, 0.3) is 0 Å². The molecule has 0 aliphatic heterocycles. The van der Waals surface area contributed by atoms with Crippen LogP contribution >= 0.6 is 11.6 Å². The Morgan fingerprint density at radius 2 is 2.25 bits per heavy atom. The molecule has 1 aromatic rings. The number of hydrogen-bond acceptors (Lipinski definition) is 2. The van der Waals surface area contributed by atoms with Gasteiger partial charge in [0, 0.05) is 6.04 Å². The third kappa shape index (κ3) is 2.31. The standard InChI is InChI=1S/C13H15ClN2/c1-9-5-6-13(11(14)7-9)16-12-4-2-3-10(12)8-15/h5-7,10,12,16H,2-4H2,1H3. The minimum absolute atomic E-state index is 0.123. The van der Waals surface area contributed by atoms with E-state index in [0.29, 0.717) is 0 Å². The summed E-state index contributed by atoms with van der Waals surface area (Å²) in [5.41, 5.74) is 2.10. The van der Waals surface area contributed by atoms with Crippen molar-refractivity contribution in [3.05, 3.63) is 28.8 Å². The molecule has 1 N–H and O–H groups in total. The molecule has 0 heterocycles. The second-order valence-corrected chi connectivity index (χ2v) is 4.81. The van der Waals surface area contributed by atoms with Crippen LogP contribution in [0.4, 0.5) is 5.69 Å². The average Bonchev–Trinajstić information content (AvgIpc) is 2.69. The first kappa shape index (κ1) is 11.3. The van der Waals surface area contributed by atoms with E-state index in [1.165, 1.54) is 0 Å². The molecule has 2 rings (SSSR count). The predicted molar refractivity (Wildman–Crippen MR) is 66.6 cm³/mol. The lowest BCUT2D eigenvalue weighted by atomic mass is 10.1. The minimum atomic E-state index is 0.123. The van der Waals surface area contributed by atoms with Gasteiger partial charge in [-0.15, -0.1) is 0 Å². The number of nitriles is 1. The second-order valence-electron chi connectivity index (χ2n) is 4.40. The number of anilines is 1. The van der Waals surface area contributed by atoms with Crippen molar-refractivity contribution in [3.63, 3.8) is 0 Å². The van der Waals surface area contributed by atoms with Crippen LogP contribution < -0.4 is 5.32 Å². The molecule has 2 nitrogen and oxygen atoms in total. The van der Waals surface area contributed by atoms with Gasteiger partial charge >= 0.3 is 0 Å². The van der Waals surface area contributed by atoms with Crippen LogP contribution in [0.3, 0.4) is 0 Å². The Kier molecular flexibility index (Phi) is 3.36. The molecule has 0 radical (unpaired) electrons. The summed E-state index contributed by atoms with van der Waals surface area (Å²) < 4.78 is 0. The van der Waals surface area contributed by atoms with Crippen LogP contribution in [-0.2, 0) is 0 Å². The van der Waals surface area contributed by atoms with Gasteiger partial charge in [0.2, 0.25) is 0 Å². The highest BCUT2D eigenvalue weighted by Crippen LogP contribution is 2.31. The molecule has 1 fully saturated rings. The highest BCUT2D eigenvalue weighted by molar-refractivity contribution is 6.33. The Morgan fingerprint density at radius 1 is 1.44 bits per heavy atom. The summed E-state index contributed by atoms with van der Waals surface area (Å²) in [5, 5.41) is 13.1. The molecule has 0 amide bonds. The largest absolute Gasteiger partial charge is 0.380 e. The van der Waals surface area contributed by atoms with Gasteiger partial charge in [0.15, 0.2) is 0 Å². The molecule has 84 valence electrons. The predicted octanol–water partition coefficient (Wildman–Crippen LogP) is 3.75. The summed E-state index contributed by atoms with van der Waals surface area (Å²) >= 11 is 6.15. The van der Waals surface area contributed by atoms with E-state index in [1.807, 2.05) is 25.1 Å². The van der Waals surface area contributed by atoms with E-state index >= 15 is 0 Å². The Bertz CT molecular complexity index is 422. The molecule has 1 aromatic carbocycles. The normalized spacial score (nSPS) is 24.1. The third-order valence-electron chi connectivity index (χ3n) is 3.15. The Morgan fingerprint density at radius 3 is 2.94 bits per heavy atom. The van der Waals surface area contributed by atoms with Gasteiger partial charge in [-0.2, -0.15) is 5.26 Å². The van der Waals surface area contributed by atoms with Gasteiger partial charge in [-0.25, -0.2) is 0 Å². The molecular formula is C13H15ClN2. The molecular weight excluding hydrogens is 220 g/mol. The van der Waals surface area contributed by atoms with Crippen LogP contribution in [0.15, 0.2) is 18.2 Å². The molecule has 3 heteroatoms. The fourth-order valence-electron chi connectivity index (χ4n) is 2.22. The maximum absolute atomic E-state index is 9.00. The molecule has 0 bridgehead atoms. The van der Waals surface area contributed by atoms with Crippen LogP contribution in [0.2, 0.25) is 5.02 Å². The average molecular weight is 235 g/mol. The summed E-state index contributed by atoms with van der Waals surface area (Å²) in [5.74, 6) is 0.123. The van der Waals surface area contributed by atoms with Crippen LogP contribution in [-0.4, -0.2) is 6.04 Å². The van der Waals surface area contributed by atoms with Crippen LogP contribution in [0.1, 0.15) is 24.8 Å². The lowest BCUT2D eigenvalue weighted by Crippen LogP contribution is -2.22. The molecule has 1 saturated carbocycles. The van der Waals surface area contributed by atoms with E-state index in [4.69, 9.17) is 16.9 Å². The SMILES string of the molecule is Cc1ccc(NC2CCCC2C#N)c(Cl)c1. The fraction of sp³-hybridized carbons (Fsp3) is 0.462. The van der Waals surface area contributed by atoms with Crippen LogP contribution in [0, 0.1) is 24.2 Å². The van der Waals surface area contributed by atoms with Gasteiger partial charge < -0.3 is 5.32 Å². The molecule has 1 aliphatic rings. The number of aryl methyl sites for hydroxylation is 1. The van der Waals surface area contributed by atoms with Crippen molar-refractivity contribution >= 4 is 17.3 Å². The maximum Gasteiger partial charge on any atom is 0.0677 e. The lowest BCUT2D eigenvalue weighted by Gasteiger charge is -2.18. The van der Waals surface area contributed by atoms with E-state index in [2.05, 4.69) is 11.4 Å². The van der Waals surface area contributed by atoms with Crippen molar-refractivity contribution < 1.29 is 0 Å². The summed E-state index contributed by atoms with van der Waals surface area (Å²) in [6, 6.07) is 8.58. The van der Waals surface area contributed by atoms with Gasteiger partial charge in [-0.1, -0.05) is 17.7 Å². The first-order chi connectivity index (χ1) is 7.70. The summed E-state index contributed by atoms with van der Waals surface area (Å²) in [6.07, 6.45) is 3.18. The molecule has 1 aliphatic carbocycles. The summed E-state index contributed by atoms with van der Waals surface area (Å²) in [6.45, 7) is 2.02. The highest BCUT2D eigenvalue weighted by Gasteiger charge is 2.27. The molecule has 2 atom stereocenters. The van der Waals surface area contributed by atoms with E-state index in [9.17, 15) is 0 Å². The van der Waals surface area contributed by atoms with Crippen molar-refractivity contribution in [1.29, 1.82) is 5.26 Å². The Hall–Kier alpha value is -1.20. The van der Waals surface area contributed by atoms with Gasteiger partial charge in [0.05, 0.1) is 22.7 Å². The summed E-state index contributed by atoms with van der Waals surface area (Å²) in [7, 11) is 0. The number of nitrogens with zero attached hydrogens (tertiary/aromatic N) is 1. The highest BCUT2D eigenvalue weighted by atomic mass is 35.5. The number of nitrogens with one attached hydrogen (secondary N) is 1. The zero-order chi connectivity index (χ0) is 11.5. The van der Waals surface area contributed by atoms with Gasteiger partial charge in [-0.05, 0) is 43.9 Å². The van der Waals surface area contributed by atoms with Crippen molar-refractivity contribution in [2.75, 3.05) is 5.32 Å². The van der Waals surface area contributed by atoms with Gasteiger partial charge in [-0.3, -0.25) is 0 Å². The molecule has 0 spiro atoms. The van der Waals surface area contributed by atoms with Crippen molar-refractivity contribution in [2.45, 2.75) is 32.2 Å². The first-order valence-electron chi connectivity index (χ1n) is 5.63. The Balaban J connectivity index is 2.12.